The van der Waals surface area contributed by atoms with Crippen LogP contribution in [0.5, 0.6) is 0 Å². The molecule has 1 aromatic rings. The van der Waals surface area contributed by atoms with E-state index in [1.165, 1.54) is 4.90 Å². The van der Waals surface area contributed by atoms with E-state index in [1.54, 1.807) is 0 Å². The summed E-state index contributed by atoms with van der Waals surface area (Å²) in [4.78, 5) is 1.26. The highest BCUT2D eigenvalue weighted by molar-refractivity contribution is 9.10. The Bertz CT molecular complexity index is 375. The molecule has 0 aliphatic rings. The molecule has 1 rings (SSSR count). The highest BCUT2D eigenvalue weighted by Crippen LogP contribution is 2.30. The van der Waals surface area contributed by atoms with Gasteiger partial charge >= 0.3 is 0 Å². The van der Waals surface area contributed by atoms with Crippen LogP contribution in [0.25, 0.3) is 0 Å². The number of rotatable bonds is 7. The number of hydrogen-bond donors (Lipinski definition) is 2. The molecule has 4 heteroatoms. The Labute approximate surface area is 123 Å². The topological polar surface area (TPSA) is 32.3 Å². The van der Waals surface area contributed by atoms with Crippen molar-refractivity contribution in [2.24, 2.45) is 0 Å². The van der Waals surface area contributed by atoms with E-state index < -0.39 is 0 Å². The van der Waals surface area contributed by atoms with Crippen molar-refractivity contribution in [2.75, 3.05) is 13.2 Å². The largest absolute Gasteiger partial charge is 0.394 e. The first-order valence-electron chi connectivity index (χ1n) is 6.27. The normalized spacial score (nSPS) is 16.3. The van der Waals surface area contributed by atoms with Gasteiger partial charge in [-0.1, -0.05) is 35.8 Å². The van der Waals surface area contributed by atoms with Gasteiger partial charge in [-0.25, -0.2) is 0 Å². The summed E-state index contributed by atoms with van der Waals surface area (Å²) in [5.41, 5.74) is -0.187. The molecule has 0 bridgehead atoms. The number of likely N-dealkylation sites (N-methyl/N-ethyl adjacent to an activating group) is 1. The van der Waals surface area contributed by atoms with Crippen LogP contribution in [0, 0.1) is 0 Å². The fourth-order valence-electron chi connectivity index (χ4n) is 2.07. The van der Waals surface area contributed by atoms with Crippen molar-refractivity contribution in [1.82, 2.24) is 5.32 Å². The average molecular weight is 332 g/mol. The summed E-state index contributed by atoms with van der Waals surface area (Å²) in [5.74, 6) is 0. The van der Waals surface area contributed by atoms with Crippen molar-refractivity contribution in [3.63, 3.8) is 0 Å². The number of aliphatic hydroxyl groups excluding tert-OH is 1. The van der Waals surface area contributed by atoms with E-state index in [2.05, 4.69) is 60.2 Å². The maximum atomic E-state index is 9.50. The molecule has 2 atom stereocenters. The van der Waals surface area contributed by atoms with Crippen LogP contribution in [0.1, 0.15) is 27.2 Å². The van der Waals surface area contributed by atoms with Gasteiger partial charge in [-0.05, 0) is 38.1 Å². The Morgan fingerprint density at radius 3 is 2.78 bits per heavy atom. The second-order valence-electron chi connectivity index (χ2n) is 4.84. The third-order valence-corrected chi connectivity index (χ3v) is 4.41. The average Bonchev–Trinajstić information content (AvgIpc) is 2.29. The molecular weight excluding hydrogens is 310 g/mol. The fourth-order valence-corrected chi connectivity index (χ4v) is 3.89. The summed E-state index contributed by atoms with van der Waals surface area (Å²) in [6, 6.07) is 8.33. The van der Waals surface area contributed by atoms with Crippen LogP contribution in [0.2, 0.25) is 0 Å². The van der Waals surface area contributed by atoms with Crippen molar-refractivity contribution in [1.29, 1.82) is 0 Å². The standard InChI is InChI=1S/C14H22BrNOS/c1-4-16-14(3,10-17)9-11(2)18-13-7-5-6-12(15)8-13/h5-8,11,16-17H,4,9-10H2,1-3H3. The molecule has 2 N–H and O–H groups in total. The van der Waals surface area contributed by atoms with E-state index in [-0.39, 0.29) is 12.1 Å². The number of halogens is 1. The summed E-state index contributed by atoms with van der Waals surface area (Å²) in [5, 5.41) is 13.3. The maximum Gasteiger partial charge on any atom is 0.0611 e. The Balaban J connectivity index is 2.57. The van der Waals surface area contributed by atoms with Crippen molar-refractivity contribution >= 4 is 27.7 Å². The van der Waals surface area contributed by atoms with E-state index in [9.17, 15) is 5.11 Å². The minimum atomic E-state index is -0.187. The van der Waals surface area contributed by atoms with Crippen molar-refractivity contribution in [3.8, 4) is 0 Å². The molecule has 1 aromatic carbocycles. The van der Waals surface area contributed by atoms with E-state index in [0.29, 0.717) is 5.25 Å². The van der Waals surface area contributed by atoms with Gasteiger partial charge in [0.2, 0.25) is 0 Å². The first-order chi connectivity index (χ1) is 8.49. The minimum absolute atomic E-state index is 0.171. The molecular formula is C14H22BrNOS. The molecule has 0 aromatic heterocycles. The van der Waals surface area contributed by atoms with E-state index in [1.807, 2.05) is 17.8 Å². The molecule has 18 heavy (non-hydrogen) atoms. The van der Waals surface area contributed by atoms with Gasteiger partial charge in [0.25, 0.3) is 0 Å². The first-order valence-corrected chi connectivity index (χ1v) is 7.94. The van der Waals surface area contributed by atoms with Crippen molar-refractivity contribution in [2.45, 2.75) is 42.9 Å². The lowest BCUT2D eigenvalue weighted by Crippen LogP contribution is -2.47. The molecule has 0 aliphatic carbocycles. The van der Waals surface area contributed by atoms with Crippen LogP contribution in [-0.4, -0.2) is 29.0 Å². The monoisotopic (exact) mass is 331 g/mol. The molecule has 2 nitrogen and oxygen atoms in total. The lowest BCUT2D eigenvalue weighted by Gasteiger charge is -2.31. The molecule has 2 unspecified atom stereocenters. The van der Waals surface area contributed by atoms with Gasteiger partial charge in [-0.2, -0.15) is 0 Å². The zero-order chi connectivity index (χ0) is 13.6. The molecule has 0 amide bonds. The van der Waals surface area contributed by atoms with Gasteiger partial charge in [0.15, 0.2) is 0 Å². The molecule has 0 fully saturated rings. The smallest absolute Gasteiger partial charge is 0.0611 e. The number of benzene rings is 1. The van der Waals surface area contributed by atoms with Gasteiger partial charge in [-0.3, -0.25) is 0 Å². The van der Waals surface area contributed by atoms with Crippen LogP contribution in [0.4, 0.5) is 0 Å². The molecule has 0 saturated carbocycles. The van der Waals surface area contributed by atoms with E-state index in [0.717, 1.165) is 17.4 Å². The summed E-state index contributed by atoms with van der Waals surface area (Å²) in [6.45, 7) is 7.40. The predicted octanol–water partition coefficient (Wildman–Crippen LogP) is 3.68. The predicted molar refractivity (Wildman–Crippen MR) is 83.2 cm³/mol. The molecule has 102 valence electrons. The summed E-state index contributed by atoms with van der Waals surface area (Å²) in [7, 11) is 0. The Hall–Kier alpha value is -0.0300. The summed E-state index contributed by atoms with van der Waals surface area (Å²) >= 11 is 5.33. The molecule has 0 spiro atoms. The lowest BCUT2D eigenvalue weighted by molar-refractivity contribution is 0.168. The summed E-state index contributed by atoms with van der Waals surface area (Å²) in [6.07, 6.45) is 0.939. The summed E-state index contributed by atoms with van der Waals surface area (Å²) < 4.78 is 1.11. The zero-order valence-corrected chi connectivity index (χ0v) is 13.6. The molecule has 0 radical (unpaired) electrons. The quantitative estimate of drug-likeness (QED) is 0.747. The third kappa shape index (κ3) is 5.31. The number of hydrogen-bond acceptors (Lipinski definition) is 3. The van der Waals surface area contributed by atoms with Crippen LogP contribution in [0.15, 0.2) is 33.6 Å². The first kappa shape index (κ1) is 16.0. The van der Waals surface area contributed by atoms with Gasteiger partial charge in [-0.15, -0.1) is 11.8 Å². The van der Waals surface area contributed by atoms with Crippen LogP contribution >= 0.6 is 27.7 Å². The number of aliphatic hydroxyl groups is 1. The molecule has 0 saturated heterocycles. The van der Waals surface area contributed by atoms with Crippen molar-refractivity contribution in [3.05, 3.63) is 28.7 Å². The van der Waals surface area contributed by atoms with Crippen molar-refractivity contribution < 1.29 is 5.11 Å². The van der Waals surface area contributed by atoms with Crippen LogP contribution in [-0.2, 0) is 0 Å². The minimum Gasteiger partial charge on any atom is -0.394 e. The Kier molecular flexibility index (Phi) is 6.71. The lowest BCUT2D eigenvalue weighted by atomic mass is 9.97. The second kappa shape index (κ2) is 7.53. The maximum absolute atomic E-state index is 9.50. The van der Waals surface area contributed by atoms with Crippen LogP contribution in [0.3, 0.4) is 0 Å². The van der Waals surface area contributed by atoms with Gasteiger partial charge in [0.05, 0.1) is 6.61 Å². The van der Waals surface area contributed by atoms with E-state index >= 15 is 0 Å². The SMILES string of the molecule is CCNC(C)(CO)CC(C)Sc1cccc(Br)c1. The van der Waals surface area contributed by atoms with Gasteiger partial charge < -0.3 is 10.4 Å². The fraction of sp³-hybridized carbons (Fsp3) is 0.571. The highest BCUT2D eigenvalue weighted by Gasteiger charge is 2.24. The molecule has 0 heterocycles. The second-order valence-corrected chi connectivity index (χ2v) is 7.27. The number of thioether (sulfide) groups is 1. The highest BCUT2D eigenvalue weighted by atomic mass is 79.9. The number of nitrogens with one attached hydrogen (secondary N) is 1. The third-order valence-electron chi connectivity index (χ3n) is 2.82. The Morgan fingerprint density at radius 1 is 1.50 bits per heavy atom. The van der Waals surface area contributed by atoms with E-state index in [4.69, 9.17) is 0 Å². The Morgan fingerprint density at radius 2 is 2.22 bits per heavy atom. The molecule has 0 aliphatic heterocycles. The van der Waals surface area contributed by atoms with Crippen LogP contribution < -0.4 is 5.32 Å². The van der Waals surface area contributed by atoms with Gasteiger partial charge in [0.1, 0.15) is 0 Å². The van der Waals surface area contributed by atoms with Gasteiger partial charge in [0, 0.05) is 20.2 Å². The zero-order valence-electron chi connectivity index (χ0n) is 11.2.